The normalized spacial score (nSPS) is 11.0. The van der Waals surface area contributed by atoms with Gasteiger partial charge < -0.3 is 25.2 Å². The Morgan fingerprint density at radius 3 is 2.00 bits per heavy atom. The minimum Gasteiger partial charge on any atom is -0.497 e. The number of carboxylic acids is 1. The van der Waals surface area contributed by atoms with E-state index >= 15 is 0 Å². The second-order valence-electron chi connectivity index (χ2n) is 6.68. The zero-order valence-electron chi connectivity index (χ0n) is 17.2. The Labute approximate surface area is 201 Å². The quantitative estimate of drug-likeness (QED) is 0.332. The number of hydrogen-bond acceptors (Lipinski definition) is 4. The molecule has 34 heavy (non-hydrogen) atoms. The Bertz CT molecular complexity index is 1210. The molecular formula is C22H15Cl2F3N2O5. The second-order valence-corrected chi connectivity index (χ2v) is 7.50. The number of urea groups is 1. The van der Waals surface area contributed by atoms with Crippen molar-refractivity contribution in [1.29, 1.82) is 0 Å². The molecule has 12 heteroatoms. The number of hydrogen-bond donors (Lipinski definition) is 3. The van der Waals surface area contributed by atoms with Crippen LogP contribution >= 0.6 is 23.2 Å². The van der Waals surface area contributed by atoms with E-state index in [9.17, 15) is 27.9 Å². The number of amides is 2. The maximum absolute atomic E-state index is 12.5. The predicted molar refractivity (Wildman–Crippen MR) is 121 cm³/mol. The maximum atomic E-state index is 12.5. The van der Waals surface area contributed by atoms with Crippen molar-refractivity contribution < 1.29 is 37.3 Å². The van der Waals surface area contributed by atoms with Crippen LogP contribution in [0.25, 0.3) is 11.1 Å². The Hall–Kier alpha value is -3.63. The third kappa shape index (κ3) is 6.24. The summed E-state index contributed by atoms with van der Waals surface area (Å²) < 4.78 is 46.1. The lowest BCUT2D eigenvalue weighted by Gasteiger charge is -2.15. The molecule has 0 fully saturated rings. The molecule has 2 amide bonds. The van der Waals surface area contributed by atoms with E-state index in [1.807, 2.05) is 0 Å². The van der Waals surface area contributed by atoms with E-state index in [4.69, 9.17) is 27.9 Å². The van der Waals surface area contributed by atoms with Crippen molar-refractivity contribution in [3.05, 3.63) is 70.2 Å². The molecule has 0 unspecified atom stereocenters. The molecular weight excluding hydrogens is 500 g/mol. The summed E-state index contributed by atoms with van der Waals surface area (Å²) >= 11 is 11.9. The first-order chi connectivity index (χ1) is 16.0. The molecule has 7 nitrogen and oxygen atoms in total. The van der Waals surface area contributed by atoms with Crippen LogP contribution in [0.15, 0.2) is 54.6 Å². The average molecular weight is 515 g/mol. The van der Waals surface area contributed by atoms with E-state index in [2.05, 4.69) is 15.4 Å². The highest BCUT2D eigenvalue weighted by Crippen LogP contribution is 2.37. The van der Waals surface area contributed by atoms with Gasteiger partial charge in [0.05, 0.1) is 34.1 Å². The van der Waals surface area contributed by atoms with E-state index < -0.39 is 24.1 Å². The van der Waals surface area contributed by atoms with E-state index in [0.717, 1.165) is 17.7 Å². The summed E-state index contributed by atoms with van der Waals surface area (Å²) in [7, 11) is 1.52. The lowest BCUT2D eigenvalue weighted by Crippen LogP contribution is -2.22. The van der Waals surface area contributed by atoms with E-state index in [0.29, 0.717) is 11.3 Å². The van der Waals surface area contributed by atoms with E-state index in [1.54, 1.807) is 30.3 Å². The summed E-state index contributed by atoms with van der Waals surface area (Å²) in [6, 6.07) is 12.0. The summed E-state index contributed by atoms with van der Waals surface area (Å²) in [6.45, 7) is 0. The molecule has 0 aromatic heterocycles. The van der Waals surface area contributed by atoms with Gasteiger partial charge in [0.25, 0.3) is 0 Å². The standard InChI is InChI=1S/C22H15Cl2F3N2O5/c1-33-13-5-2-11(3-6-13)12-4-7-15(20(30)31)18(8-12)28-21(32)29-19-16(23)9-14(10-17(19)24)34-22(25,26)27/h2-10H,1H3,(H,30,31)(H2,28,29,32). The molecule has 0 aliphatic carbocycles. The molecule has 3 rings (SSSR count). The van der Waals surface area contributed by atoms with Crippen molar-refractivity contribution in [1.82, 2.24) is 0 Å². The first-order valence-electron chi connectivity index (χ1n) is 9.31. The number of anilines is 2. The van der Waals surface area contributed by atoms with Gasteiger partial charge >= 0.3 is 18.4 Å². The lowest BCUT2D eigenvalue weighted by molar-refractivity contribution is -0.274. The summed E-state index contributed by atoms with van der Waals surface area (Å²) in [5.74, 6) is -1.33. The number of rotatable bonds is 6. The second kappa shape index (κ2) is 10.1. The predicted octanol–water partition coefficient (Wildman–Crippen LogP) is 6.91. The van der Waals surface area contributed by atoms with Gasteiger partial charge in [0.2, 0.25) is 0 Å². The van der Waals surface area contributed by atoms with Crippen LogP contribution in [0.1, 0.15) is 10.4 Å². The van der Waals surface area contributed by atoms with Gasteiger partial charge in [-0.15, -0.1) is 13.2 Å². The summed E-state index contributed by atoms with van der Waals surface area (Å²) in [6.07, 6.45) is -4.96. The molecule has 0 aliphatic rings. The van der Waals surface area contributed by atoms with Crippen molar-refractivity contribution in [2.75, 3.05) is 17.7 Å². The van der Waals surface area contributed by atoms with Gasteiger partial charge in [0, 0.05) is 12.1 Å². The van der Waals surface area contributed by atoms with Crippen molar-refractivity contribution in [2.45, 2.75) is 6.36 Å². The highest BCUT2D eigenvalue weighted by atomic mass is 35.5. The van der Waals surface area contributed by atoms with Crippen LogP contribution in [0.4, 0.5) is 29.3 Å². The van der Waals surface area contributed by atoms with Gasteiger partial charge in [0.15, 0.2) is 0 Å². The zero-order valence-corrected chi connectivity index (χ0v) is 18.7. The summed E-state index contributed by atoms with van der Waals surface area (Å²) in [5.41, 5.74) is 0.903. The molecule has 0 bridgehead atoms. The summed E-state index contributed by atoms with van der Waals surface area (Å²) in [5, 5.41) is 13.5. The minimum atomic E-state index is -4.96. The Kier molecular flexibility index (Phi) is 7.43. The minimum absolute atomic E-state index is 0.0393. The highest BCUT2D eigenvalue weighted by molar-refractivity contribution is 6.40. The fraction of sp³-hybridized carbons (Fsp3) is 0.0909. The number of carbonyl (C=O) groups excluding carboxylic acids is 1. The number of aromatic carboxylic acids is 1. The number of carboxylic acid groups (broad SMARTS) is 1. The van der Waals surface area contributed by atoms with Gasteiger partial charge in [-0.1, -0.05) is 41.4 Å². The maximum Gasteiger partial charge on any atom is 0.573 e. The SMILES string of the molecule is COc1ccc(-c2ccc(C(=O)O)c(NC(=O)Nc3c(Cl)cc(OC(F)(F)F)cc3Cl)c2)cc1. The Morgan fingerprint density at radius 1 is 0.882 bits per heavy atom. The van der Waals surface area contributed by atoms with Crippen LogP contribution in [0.2, 0.25) is 10.0 Å². The number of halogens is 5. The Morgan fingerprint density at radius 2 is 1.47 bits per heavy atom. The van der Waals surface area contributed by atoms with Crippen molar-refractivity contribution in [3.63, 3.8) is 0 Å². The first kappa shape index (κ1) is 25.0. The number of ether oxygens (including phenoxy) is 2. The van der Waals surface area contributed by atoms with Crippen LogP contribution < -0.4 is 20.1 Å². The summed E-state index contributed by atoms with van der Waals surface area (Å²) in [4.78, 5) is 24.2. The molecule has 0 radical (unpaired) electrons. The van der Waals surface area contributed by atoms with Gasteiger partial charge in [-0.3, -0.25) is 0 Å². The van der Waals surface area contributed by atoms with Crippen LogP contribution in [0, 0.1) is 0 Å². The van der Waals surface area contributed by atoms with Crippen molar-refractivity contribution in [3.8, 4) is 22.6 Å². The molecule has 3 aromatic rings. The zero-order chi connectivity index (χ0) is 25.0. The largest absolute Gasteiger partial charge is 0.573 e. The molecule has 3 N–H and O–H groups in total. The fourth-order valence-electron chi connectivity index (χ4n) is 2.93. The molecule has 0 heterocycles. The fourth-order valence-corrected chi connectivity index (χ4v) is 3.49. The molecule has 0 atom stereocenters. The molecule has 0 saturated carbocycles. The van der Waals surface area contributed by atoms with Crippen LogP contribution in [-0.4, -0.2) is 30.6 Å². The number of methoxy groups -OCH3 is 1. The average Bonchev–Trinajstić information content (AvgIpc) is 2.75. The molecule has 178 valence electrons. The van der Waals surface area contributed by atoms with Gasteiger partial charge in [-0.2, -0.15) is 0 Å². The topological polar surface area (TPSA) is 96.9 Å². The van der Waals surface area contributed by atoms with Crippen LogP contribution in [0.3, 0.4) is 0 Å². The van der Waals surface area contributed by atoms with Crippen LogP contribution in [-0.2, 0) is 0 Å². The molecule has 3 aromatic carbocycles. The number of benzene rings is 3. The van der Waals surface area contributed by atoms with Gasteiger partial charge in [-0.25, -0.2) is 9.59 Å². The monoisotopic (exact) mass is 514 g/mol. The smallest absolute Gasteiger partial charge is 0.497 e. The van der Waals surface area contributed by atoms with E-state index in [1.165, 1.54) is 19.2 Å². The first-order valence-corrected chi connectivity index (χ1v) is 10.1. The van der Waals surface area contributed by atoms with Gasteiger partial charge in [-0.05, 0) is 35.4 Å². The highest BCUT2D eigenvalue weighted by Gasteiger charge is 2.31. The van der Waals surface area contributed by atoms with Crippen LogP contribution in [0.5, 0.6) is 11.5 Å². The van der Waals surface area contributed by atoms with Crippen molar-refractivity contribution in [2.24, 2.45) is 0 Å². The number of alkyl halides is 3. The van der Waals surface area contributed by atoms with E-state index in [-0.39, 0.29) is 27.0 Å². The number of carbonyl (C=O) groups is 2. The van der Waals surface area contributed by atoms with Gasteiger partial charge in [0.1, 0.15) is 11.5 Å². The molecule has 0 spiro atoms. The number of nitrogens with one attached hydrogen (secondary N) is 2. The third-order valence-electron chi connectivity index (χ3n) is 4.41. The molecule has 0 aliphatic heterocycles. The molecule has 0 saturated heterocycles. The third-order valence-corrected chi connectivity index (χ3v) is 5.01. The lowest BCUT2D eigenvalue weighted by atomic mass is 10.0. The van der Waals surface area contributed by atoms with Crippen molar-refractivity contribution >= 4 is 46.6 Å². The Balaban J connectivity index is 1.85.